The Hall–Kier alpha value is -3.17. The molecule has 6 atom stereocenters. The first-order valence-electron chi connectivity index (χ1n) is 10.8. The summed E-state index contributed by atoms with van der Waals surface area (Å²) in [6, 6.07) is -6.18. The number of carbonyl (C=O) groups is 6. The van der Waals surface area contributed by atoms with Crippen molar-refractivity contribution in [1.82, 2.24) is 21.4 Å². The van der Waals surface area contributed by atoms with Gasteiger partial charge in [-0.05, 0) is 19.3 Å². The molecular formula is C20H33FN4O10. The van der Waals surface area contributed by atoms with Crippen LogP contribution in [-0.2, 0) is 28.8 Å². The van der Waals surface area contributed by atoms with E-state index in [9.17, 15) is 43.5 Å². The zero-order valence-electron chi connectivity index (χ0n) is 19.6. The minimum atomic E-state index is -1.77. The third kappa shape index (κ3) is 11.2. The number of alkyl halides is 1. The van der Waals surface area contributed by atoms with E-state index in [-0.39, 0.29) is 5.92 Å². The monoisotopic (exact) mass is 508 g/mol. The lowest BCUT2D eigenvalue weighted by atomic mass is 9.98. The number of halogens is 1. The van der Waals surface area contributed by atoms with Gasteiger partial charge in [0.25, 0.3) is 0 Å². The van der Waals surface area contributed by atoms with Crippen LogP contribution < -0.4 is 21.4 Å². The number of rotatable bonds is 17. The van der Waals surface area contributed by atoms with E-state index in [4.69, 9.17) is 10.2 Å². The topological polar surface area (TPSA) is 231 Å². The van der Waals surface area contributed by atoms with Gasteiger partial charge in [-0.15, -0.1) is 0 Å². The van der Waals surface area contributed by atoms with Crippen LogP contribution in [0.25, 0.3) is 0 Å². The van der Waals surface area contributed by atoms with E-state index >= 15 is 0 Å². The fraction of sp³-hybridized carbons (Fsp3) is 0.700. The Balaban J connectivity index is 5.68. The Kier molecular flexibility index (Phi) is 14.3. The molecule has 0 aromatic carbocycles. The van der Waals surface area contributed by atoms with Crippen LogP contribution in [0.5, 0.6) is 0 Å². The molecule has 4 unspecified atom stereocenters. The lowest BCUT2D eigenvalue weighted by Crippen LogP contribution is -2.60. The van der Waals surface area contributed by atoms with E-state index in [1.54, 1.807) is 13.8 Å². The number of aliphatic hydroxyl groups excluding tert-OH is 1. The van der Waals surface area contributed by atoms with Gasteiger partial charge in [-0.25, -0.2) is 4.39 Å². The molecule has 0 aromatic heterocycles. The van der Waals surface area contributed by atoms with Gasteiger partial charge in [-0.2, -0.15) is 5.48 Å². The van der Waals surface area contributed by atoms with Crippen molar-refractivity contribution in [2.24, 2.45) is 5.92 Å². The van der Waals surface area contributed by atoms with Gasteiger partial charge in [-0.3, -0.25) is 28.8 Å². The Labute approximate surface area is 200 Å². The predicted molar refractivity (Wildman–Crippen MR) is 116 cm³/mol. The highest BCUT2D eigenvalue weighted by Gasteiger charge is 2.34. The summed E-state index contributed by atoms with van der Waals surface area (Å²) in [6.07, 6.45) is -3.04. The van der Waals surface area contributed by atoms with Crippen molar-refractivity contribution in [2.75, 3.05) is 6.67 Å². The zero-order valence-corrected chi connectivity index (χ0v) is 19.6. The molecule has 3 amide bonds. The number of hydrogen-bond acceptors (Lipinski definition) is 9. The number of carboxylic acid groups (broad SMARTS) is 2. The van der Waals surface area contributed by atoms with Crippen LogP contribution in [0, 0.1) is 5.92 Å². The third-order valence-corrected chi connectivity index (χ3v) is 5.19. The number of aliphatic carboxylic acids is 2. The summed E-state index contributed by atoms with van der Waals surface area (Å²) in [7, 11) is 0. The Morgan fingerprint density at radius 2 is 1.37 bits per heavy atom. The second kappa shape index (κ2) is 15.7. The van der Waals surface area contributed by atoms with Crippen LogP contribution in [0.1, 0.15) is 46.5 Å². The average Bonchev–Trinajstić information content (AvgIpc) is 2.78. The number of ketones is 1. The second-order valence-corrected chi connectivity index (χ2v) is 7.97. The molecule has 200 valence electrons. The largest absolute Gasteiger partial charge is 0.481 e. The maximum atomic E-state index is 12.8. The van der Waals surface area contributed by atoms with Crippen LogP contribution in [0.4, 0.5) is 4.39 Å². The van der Waals surface area contributed by atoms with Crippen molar-refractivity contribution in [1.29, 1.82) is 0 Å². The normalized spacial score (nSPS) is 16.1. The minimum Gasteiger partial charge on any atom is -0.481 e. The molecule has 0 aliphatic rings. The van der Waals surface area contributed by atoms with Crippen molar-refractivity contribution in [3.8, 4) is 0 Å². The first-order chi connectivity index (χ1) is 16.3. The summed E-state index contributed by atoms with van der Waals surface area (Å²) in [5, 5.41) is 43.4. The summed E-state index contributed by atoms with van der Waals surface area (Å²) in [5.41, 5.74) is 1.82. The highest BCUT2D eigenvalue weighted by Crippen LogP contribution is 2.09. The van der Waals surface area contributed by atoms with Gasteiger partial charge < -0.3 is 36.5 Å². The van der Waals surface area contributed by atoms with E-state index < -0.39 is 91.7 Å². The maximum Gasteiger partial charge on any atom is 0.305 e. The average molecular weight is 509 g/mol. The Morgan fingerprint density at radius 1 is 0.829 bits per heavy atom. The summed E-state index contributed by atoms with van der Waals surface area (Å²) >= 11 is 0. The lowest BCUT2D eigenvalue weighted by molar-refractivity contribution is -0.141. The van der Waals surface area contributed by atoms with Crippen LogP contribution in [0.15, 0.2) is 0 Å². The lowest BCUT2D eigenvalue weighted by Gasteiger charge is -2.27. The van der Waals surface area contributed by atoms with E-state index in [0.717, 1.165) is 6.92 Å². The van der Waals surface area contributed by atoms with Crippen LogP contribution in [0.3, 0.4) is 0 Å². The van der Waals surface area contributed by atoms with E-state index in [0.29, 0.717) is 6.42 Å². The van der Waals surface area contributed by atoms with Crippen molar-refractivity contribution in [2.45, 2.75) is 76.7 Å². The van der Waals surface area contributed by atoms with E-state index in [1.165, 1.54) is 0 Å². The number of Topliss-reactive ketones (excluding diaryl/α,β-unsaturated/α-hetero) is 1. The number of carboxylic acids is 2. The third-order valence-electron chi connectivity index (χ3n) is 5.19. The molecule has 0 aromatic rings. The molecule has 0 rings (SSSR count). The smallest absolute Gasteiger partial charge is 0.305 e. The van der Waals surface area contributed by atoms with Crippen LogP contribution >= 0.6 is 0 Å². The molecule has 15 heteroatoms. The molecule has 0 heterocycles. The number of nitrogens with one attached hydrogen (secondary N) is 4. The van der Waals surface area contributed by atoms with Crippen molar-refractivity contribution >= 4 is 35.4 Å². The summed E-state index contributed by atoms with van der Waals surface area (Å²) in [6.45, 7) is 2.91. The van der Waals surface area contributed by atoms with Crippen molar-refractivity contribution < 1.29 is 53.7 Å². The van der Waals surface area contributed by atoms with Gasteiger partial charge in [0.2, 0.25) is 17.7 Å². The number of hydroxylamine groups is 1. The molecule has 0 radical (unpaired) electrons. The molecule has 0 aliphatic carbocycles. The summed E-state index contributed by atoms with van der Waals surface area (Å²) < 4.78 is 12.7. The number of carbonyl (C=O) groups excluding carboxylic acids is 4. The molecule has 0 saturated heterocycles. The van der Waals surface area contributed by atoms with E-state index in [2.05, 4.69) is 10.6 Å². The predicted octanol–water partition coefficient (Wildman–Crippen LogP) is -1.91. The van der Waals surface area contributed by atoms with Crippen molar-refractivity contribution in [3.63, 3.8) is 0 Å². The number of aliphatic hydroxyl groups is 1. The summed E-state index contributed by atoms with van der Waals surface area (Å²) in [5.74, 6) is -7.54. The Bertz CT molecular complexity index is 779. The SMILES string of the molecule is CC[C@H](C)C(NO)C(=O)NC(CCC(=O)O)C(=O)NC(C(=O)NC(CC(=O)O)C(=O)CF)[C@@H](C)O. The van der Waals surface area contributed by atoms with Gasteiger partial charge in [0.05, 0.1) is 12.5 Å². The second-order valence-electron chi connectivity index (χ2n) is 7.97. The maximum absolute atomic E-state index is 12.8. The number of amides is 3. The molecular weight excluding hydrogens is 475 g/mol. The highest BCUT2D eigenvalue weighted by molar-refractivity contribution is 5.96. The molecule has 0 spiro atoms. The molecule has 8 N–H and O–H groups in total. The quantitative estimate of drug-likeness (QED) is 0.101. The van der Waals surface area contributed by atoms with Crippen LogP contribution in [0.2, 0.25) is 0 Å². The first kappa shape index (κ1) is 31.8. The fourth-order valence-electron chi connectivity index (χ4n) is 2.91. The van der Waals surface area contributed by atoms with Gasteiger partial charge >= 0.3 is 11.9 Å². The van der Waals surface area contributed by atoms with Gasteiger partial charge in [0.15, 0.2) is 5.78 Å². The van der Waals surface area contributed by atoms with Crippen molar-refractivity contribution in [3.05, 3.63) is 0 Å². The molecule has 35 heavy (non-hydrogen) atoms. The fourth-order valence-corrected chi connectivity index (χ4v) is 2.91. The molecule has 0 fully saturated rings. The first-order valence-corrected chi connectivity index (χ1v) is 10.8. The van der Waals surface area contributed by atoms with Gasteiger partial charge in [0, 0.05) is 6.42 Å². The molecule has 0 saturated carbocycles. The van der Waals surface area contributed by atoms with E-state index in [1.807, 2.05) is 10.8 Å². The zero-order chi connectivity index (χ0) is 27.3. The minimum absolute atomic E-state index is 0.376. The molecule has 14 nitrogen and oxygen atoms in total. The Morgan fingerprint density at radius 3 is 1.80 bits per heavy atom. The highest BCUT2D eigenvalue weighted by atomic mass is 19.1. The summed E-state index contributed by atoms with van der Waals surface area (Å²) in [4.78, 5) is 71.4. The molecule has 0 bridgehead atoms. The number of hydrogen-bond donors (Lipinski definition) is 8. The standard InChI is InChI=1S/C20H33FN4O10/c1-4-9(2)16(25-35)19(33)22-11(5-6-14(28)29)18(32)24-17(10(3)26)20(34)23-12(7-15(30)31)13(27)8-21/h9-12,16-17,25-26,35H,4-8H2,1-3H3,(H,22,33)(H,23,34)(H,24,32)(H,28,29)(H,30,31)/t9-,10+,11?,12?,16?,17?/m0/s1. The van der Waals surface area contributed by atoms with Crippen LogP contribution in [-0.4, -0.2) is 92.9 Å². The van der Waals surface area contributed by atoms with Gasteiger partial charge in [-0.1, -0.05) is 20.3 Å². The molecule has 0 aliphatic heterocycles. The van der Waals surface area contributed by atoms with Gasteiger partial charge in [0.1, 0.15) is 30.8 Å².